The fourth-order valence-electron chi connectivity index (χ4n) is 2.05. The summed E-state index contributed by atoms with van der Waals surface area (Å²) in [6, 6.07) is 0. The van der Waals surface area contributed by atoms with Crippen LogP contribution in [0.5, 0.6) is 0 Å². The zero-order chi connectivity index (χ0) is 10.2. The van der Waals surface area contributed by atoms with Gasteiger partial charge in [-0.25, -0.2) is 0 Å². The van der Waals surface area contributed by atoms with Gasteiger partial charge in [0, 0.05) is 6.61 Å². The molecule has 0 aromatic rings. The van der Waals surface area contributed by atoms with Crippen molar-refractivity contribution in [3.05, 3.63) is 0 Å². The highest BCUT2D eigenvalue weighted by atomic mass is 16.5. The van der Waals surface area contributed by atoms with Gasteiger partial charge in [-0.15, -0.1) is 0 Å². The number of unbranched alkanes of at least 4 members (excludes halogenated alkanes) is 1. The van der Waals surface area contributed by atoms with E-state index in [1.165, 1.54) is 38.5 Å². The Bertz CT molecular complexity index is 130. The van der Waals surface area contributed by atoms with Gasteiger partial charge in [-0.05, 0) is 58.0 Å². The Balaban J connectivity index is 1.91. The van der Waals surface area contributed by atoms with Crippen LogP contribution in [-0.4, -0.2) is 26.3 Å². The summed E-state index contributed by atoms with van der Waals surface area (Å²) in [5, 5.41) is 3.16. The van der Waals surface area contributed by atoms with E-state index < -0.39 is 0 Å². The lowest BCUT2D eigenvalue weighted by atomic mass is 9.89. The van der Waals surface area contributed by atoms with E-state index in [1.807, 2.05) is 7.05 Å². The van der Waals surface area contributed by atoms with Crippen LogP contribution in [0.2, 0.25) is 0 Å². The van der Waals surface area contributed by atoms with Gasteiger partial charge >= 0.3 is 0 Å². The molecule has 0 spiro atoms. The summed E-state index contributed by atoms with van der Waals surface area (Å²) in [5.74, 6) is 0.930. The number of ether oxygens (including phenoxy) is 1. The third-order valence-corrected chi connectivity index (χ3v) is 3.14. The van der Waals surface area contributed by atoms with Crippen molar-refractivity contribution in [3.63, 3.8) is 0 Å². The van der Waals surface area contributed by atoms with Gasteiger partial charge in [-0.3, -0.25) is 0 Å². The van der Waals surface area contributed by atoms with Gasteiger partial charge in [0.15, 0.2) is 0 Å². The van der Waals surface area contributed by atoms with Crippen molar-refractivity contribution in [1.82, 2.24) is 5.32 Å². The Labute approximate surface area is 88.4 Å². The van der Waals surface area contributed by atoms with E-state index >= 15 is 0 Å². The molecule has 0 heterocycles. The second-order valence-corrected chi connectivity index (χ2v) is 4.56. The minimum absolute atomic E-state index is 0.570. The monoisotopic (exact) mass is 199 g/mol. The molecule has 0 unspecified atom stereocenters. The predicted molar refractivity (Wildman–Crippen MR) is 60.5 cm³/mol. The maximum absolute atomic E-state index is 5.85. The van der Waals surface area contributed by atoms with Crippen LogP contribution in [0.3, 0.4) is 0 Å². The van der Waals surface area contributed by atoms with Crippen LogP contribution < -0.4 is 5.32 Å². The van der Waals surface area contributed by atoms with Gasteiger partial charge in [0.05, 0.1) is 6.10 Å². The average molecular weight is 199 g/mol. The number of nitrogens with one attached hydrogen (secondary N) is 1. The van der Waals surface area contributed by atoms with Crippen molar-refractivity contribution in [2.24, 2.45) is 5.92 Å². The van der Waals surface area contributed by atoms with E-state index in [0.717, 1.165) is 19.1 Å². The van der Waals surface area contributed by atoms with Crippen LogP contribution in [0.1, 0.15) is 45.4 Å². The van der Waals surface area contributed by atoms with Gasteiger partial charge in [0.1, 0.15) is 0 Å². The first-order chi connectivity index (χ1) is 6.83. The zero-order valence-corrected chi connectivity index (χ0v) is 9.72. The quantitative estimate of drug-likeness (QED) is 0.664. The van der Waals surface area contributed by atoms with E-state index in [2.05, 4.69) is 12.2 Å². The molecule has 0 saturated heterocycles. The van der Waals surface area contributed by atoms with Crippen molar-refractivity contribution in [1.29, 1.82) is 0 Å². The van der Waals surface area contributed by atoms with Gasteiger partial charge < -0.3 is 10.1 Å². The molecule has 0 aliphatic heterocycles. The van der Waals surface area contributed by atoms with Crippen molar-refractivity contribution < 1.29 is 4.74 Å². The molecule has 0 aromatic carbocycles. The molecular formula is C12H25NO. The SMILES string of the molecule is CNCCCCOC1CCC(C)CC1. The van der Waals surface area contributed by atoms with Gasteiger partial charge in [0.25, 0.3) is 0 Å². The van der Waals surface area contributed by atoms with Crippen molar-refractivity contribution in [2.45, 2.75) is 51.6 Å². The molecule has 2 heteroatoms. The Morgan fingerprint density at radius 3 is 2.50 bits per heavy atom. The van der Waals surface area contributed by atoms with E-state index in [4.69, 9.17) is 4.74 Å². The molecule has 1 fully saturated rings. The Morgan fingerprint density at radius 2 is 1.86 bits per heavy atom. The highest BCUT2D eigenvalue weighted by molar-refractivity contribution is 4.69. The standard InChI is InChI=1S/C12H25NO/c1-11-5-7-12(8-6-11)14-10-4-3-9-13-2/h11-13H,3-10H2,1-2H3. The van der Waals surface area contributed by atoms with Crippen LogP contribution in [0, 0.1) is 5.92 Å². The average Bonchev–Trinajstić information content (AvgIpc) is 2.21. The Hall–Kier alpha value is -0.0800. The van der Waals surface area contributed by atoms with Crippen LogP contribution in [0.15, 0.2) is 0 Å². The molecule has 0 amide bonds. The normalized spacial score (nSPS) is 27.9. The maximum Gasteiger partial charge on any atom is 0.0575 e. The second kappa shape index (κ2) is 7.24. The number of hydrogen-bond acceptors (Lipinski definition) is 2. The maximum atomic E-state index is 5.85. The molecule has 84 valence electrons. The van der Waals surface area contributed by atoms with Crippen molar-refractivity contribution in [3.8, 4) is 0 Å². The first kappa shape index (κ1) is 12.0. The fourth-order valence-corrected chi connectivity index (χ4v) is 2.05. The summed E-state index contributed by atoms with van der Waals surface area (Å²) in [7, 11) is 2.00. The lowest BCUT2D eigenvalue weighted by molar-refractivity contribution is 0.0181. The molecule has 0 bridgehead atoms. The van der Waals surface area contributed by atoms with Crippen LogP contribution in [0.4, 0.5) is 0 Å². The third-order valence-electron chi connectivity index (χ3n) is 3.14. The zero-order valence-electron chi connectivity index (χ0n) is 9.72. The predicted octanol–water partition coefficient (Wildman–Crippen LogP) is 2.58. The molecule has 0 aromatic heterocycles. The minimum Gasteiger partial charge on any atom is -0.378 e. The molecular weight excluding hydrogens is 174 g/mol. The summed E-state index contributed by atoms with van der Waals surface area (Å²) in [6.07, 6.45) is 8.30. The van der Waals surface area contributed by atoms with Crippen LogP contribution in [0.25, 0.3) is 0 Å². The molecule has 1 saturated carbocycles. The van der Waals surface area contributed by atoms with E-state index in [9.17, 15) is 0 Å². The largest absolute Gasteiger partial charge is 0.378 e. The molecule has 0 atom stereocenters. The topological polar surface area (TPSA) is 21.3 Å². The second-order valence-electron chi connectivity index (χ2n) is 4.56. The molecule has 1 aliphatic carbocycles. The molecule has 1 rings (SSSR count). The molecule has 2 nitrogen and oxygen atoms in total. The van der Waals surface area contributed by atoms with E-state index in [-0.39, 0.29) is 0 Å². The van der Waals surface area contributed by atoms with Crippen LogP contribution in [-0.2, 0) is 4.74 Å². The number of rotatable bonds is 6. The highest BCUT2D eigenvalue weighted by Gasteiger charge is 2.17. The van der Waals surface area contributed by atoms with Gasteiger partial charge in [0.2, 0.25) is 0 Å². The lowest BCUT2D eigenvalue weighted by Crippen LogP contribution is -2.21. The summed E-state index contributed by atoms with van der Waals surface area (Å²) in [6.45, 7) is 4.43. The smallest absolute Gasteiger partial charge is 0.0575 e. The molecule has 1 N–H and O–H groups in total. The third kappa shape index (κ3) is 4.97. The fraction of sp³-hybridized carbons (Fsp3) is 1.00. The minimum atomic E-state index is 0.570. The summed E-state index contributed by atoms with van der Waals surface area (Å²) in [5.41, 5.74) is 0. The first-order valence-corrected chi connectivity index (χ1v) is 6.09. The molecule has 0 radical (unpaired) electrons. The highest BCUT2D eigenvalue weighted by Crippen LogP contribution is 2.25. The Kier molecular flexibility index (Phi) is 6.20. The van der Waals surface area contributed by atoms with Gasteiger partial charge in [-0.2, -0.15) is 0 Å². The lowest BCUT2D eigenvalue weighted by Gasteiger charge is -2.26. The van der Waals surface area contributed by atoms with Crippen LogP contribution >= 0.6 is 0 Å². The molecule has 14 heavy (non-hydrogen) atoms. The summed E-state index contributed by atoms with van der Waals surface area (Å²) < 4.78 is 5.85. The van der Waals surface area contributed by atoms with Crippen molar-refractivity contribution >= 4 is 0 Å². The van der Waals surface area contributed by atoms with Gasteiger partial charge in [-0.1, -0.05) is 6.92 Å². The first-order valence-electron chi connectivity index (χ1n) is 6.09. The van der Waals surface area contributed by atoms with E-state index in [1.54, 1.807) is 0 Å². The van der Waals surface area contributed by atoms with E-state index in [0.29, 0.717) is 6.10 Å². The Morgan fingerprint density at radius 1 is 1.14 bits per heavy atom. The summed E-state index contributed by atoms with van der Waals surface area (Å²) in [4.78, 5) is 0. The summed E-state index contributed by atoms with van der Waals surface area (Å²) >= 11 is 0. The molecule has 1 aliphatic rings. The van der Waals surface area contributed by atoms with Crippen molar-refractivity contribution in [2.75, 3.05) is 20.2 Å². The number of hydrogen-bond donors (Lipinski definition) is 1.